The molecule has 6 nitrogen and oxygen atoms in total. The van der Waals surface area contributed by atoms with Crippen molar-refractivity contribution in [1.82, 2.24) is 0 Å². The monoisotopic (exact) mass is 388 g/mol. The lowest BCUT2D eigenvalue weighted by molar-refractivity contribution is -0.142. The van der Waals surface area contributed by atoms with Gasteiger partial charge in [0.15, 0.2) is 0 Å². The van der Waals surface area contributed by atoms with E-state index < -0.39 is 0 Å². The lowest BCUT2D eigenvalue weighted by Crippen LogP contribution is -2.11. The number of rotatable bonds is 17. The Morgan fingerprint density at radius 2 is 1.00 bits per heavy atom. The summed E-state index contributed by atoms with van der Waals surface area (Å²) < 4.78 is 15.0. The smallest absolute Gasteiger partial charge is 0.302 e. The van der Waals surface area contributed by atoms with Gasteiger partial charge in [0.25, 0.3) is 0 Å². The van der Waals surface area contributed by atoms with Crippen molar-refractivity contribution in [2.45, 2.75) is 85.5 Å². The molecule has 0 saturated heterocycles. The second-order valence-corrected chi connectivity index (χ2v) is 6.59. The highest BCUT2D eigenvalue weighted by Gasteiger charge is 1.96. The number of esters is 1. The zero-order valence-corrected chi connectivity index (χ0v) is 17.8. The molecule has 0 bridgehead atoms. The first-order chi connectivity index (χ1) is 12.9. The predicted molar refractivity (Wildman–Crippen MR) is 107 cm³/mol. The number of hydrogen-bond donors (Lipinski definition) is 0. The summed E-state index contributed by atoms with van der Waals surface area (Å²) in [4.78, 5) is 31.5. The third kappa shape index (κ3) is 32.8. The van der Waals surface area contributed by atoms with Gasteiger partial charge in [-0.1, -0.05) is 32.6 Å². The first-order valence-electron chi connectivity index (χ1n) is 10.2. The molecule has 0 aliphatic carbocycles. The molecule has 0 aromatic heterocycles. The van der Waals surface area contributed by atoms with E-state index in [1.165, 1.54) is 19.8 Å². The number of hydrogen-bond acceptors (Lipinski definition) is 6. The van der Waals surface area contributed by atoms with Crippen molar-refractivity contribution in [2.75, 3.05) is 33.0 Å². The molecule has 0 N–H and O–H groups in total. The lowest BCUT2D eigenvalue weighted by atomic mass is 10.1. The minimum atomic E-state index is -0.272. The molecule has 0 rings (SSSR count). The van der Waals surface area contributed by atoms with Gasteiger partial charge in [0, 0.05) is 26.4 Å². The number of ketones is 2. The maximum Gasteiger partial charge on any atom is 0.302 e. The van der Waals surface area contributed by atoms with Crippen LogP contribution < -0.4 is 0 Å². The Labute approximate surface area is 165 Å². The molecule has 0 saturated carbocycles. The van der Waals surface area contributed by atoms with Crippen LogP contribution in [0.5, 0.6) is 0 Å². The average molecular weight is 389 g/mol. The summed E-state index contributed by atoms with van der Waals surface area (Å²) in [6.07, 6.45) is 9.24. The summed E-state index contributed by atoms with van der Waals surface area (Å²) >= 11 is 0. The van der Waals surface area contributed by atoms with Gasteiger partial charge in [-0.05, 0) is 33.1 Å². The Morgan fingerprint density at radius 3 is 1.41 bits per heavy atom. The zero-order chi connectivity index (χ0) is 20.8. The summed E-state index contributed by atoms with van der Waals surface area (Å²) in [5.41, 5.74) is 0. The van der Waals surface area contributed by atoms with Crippen molar-refractivity contribution >= 4 is 17.5 Å². The molecule has 0 amide bonds. The van der Waals surface area contributed by atoms with E-state index in [1.54, 1.807) is 13.8 Å². The standard InChI is InChI=1S/C12H22O2.C9H18O4/c1-11(13)9-7-5-3-4-6-8-10-12(2)14;1-3-4-11-5-6-12-7-8-13-9(2)10/h3-10H2,1-2H3;3-8H2,1-2H3. The molecule has 160 valence electrons. The molecule has 0 spiro atoms. The molecule has 0 radical (unpaired) electrons. The Morgan fingerprint density at radius 1 is 0.593 bits per heavy atom. The van der Waals surface area contributed by atoms with E-state index in [-0.39, 0.29) is 5.97 Å². The van der Waals surface area contributed by atoms with Crippen molar-refractivity contribution in [3.05, 3.63) is 0 Å². The van der Waals surface area contributed by atoms with Gasteiger partial charge in [-0.3, -0.25) is 4.79 Å². The molecule has 0 aliphatic rings. The highest BCUT2D eigenvalue weighted by Crippen LogP contribution is 2.08. The second-order valence-electron chi connectivity index (χ2n) is 6.59. The third-order valence-corrected chi connectivity index (χ3v) is 3.56. The molecule has 0 atom stereocenters. The average Bonchev–Trinajstić information content (AvgIpc) is 2.59. The van der Waals surface area contributed by atoms with Gasteiger partial charge in [-0.25, -0.2) is 0 Å². The van der Waals surface area contributed by atoms with Gasteiger partial charge in [0.2, 0.25) is 0 Å². The molecule has 27 heavy (non-hydrogen) atoms. The van der Waals surface area contributed by atoms with Gasteiger partial charge in [0.05, 0.1) is 19.8 Å². The first-order valence-corrected chi connectivity index (χ1v) is 10.2. The van der Waals surface area contributed by atoms with E-state index in [1.807, 2.05) is 0 Å². The van der Waals surface area contributed by atoms with Crippen LogP contribution in [-0.2, 0) is 28.6 Å². The topological polar surface area (TPSA) is 78.9 Å². The van der Waals surface area contributed by atoms with Crippen molar-refractivity contribution in [1.29, 1.82) is 0 Å². The normalized spacial score (nSPS) is 10.1. The molecule has 0 aromatic rings. The Balaban J connectivity index is 0. The van der Waals surface area contributed by atoms with Crippen molar-refractivity contribution in [3.8, 4) is 0 Å². The summed E-state index contributed by atoms with van der Waals surface area (Å²) in [5, 5.41) is 0. The minimum absolute atomic E-state index is 0.272. The van der Waals surface area contributed by atoms with Crippen molar-refractivity contribution in [3.63, 3.8) is 0 Å². The van der Waals surface area contributed by atoms with Crippen LogP contribution in [0.2, 0.25) is 0 Å². The highest BCUT2D eigenvalue weighted by molar-refractivity contribution is 5.75. The number of ether oxygens (including phenoxy) is 3. The van der Waals surface area contributed by atoms with Gasteiger partial charge >= 0.3 is 5.97 Å². The quantitative estimate of drug-likeness (QED) is 0.273. The maximum absolute atomic E-state index is 10.6. The van der Waals surface area contributed by atoms with Crippen LogP contribution in [0.1, 0.15) is 85.5 Å². The molecule has 0 heterocycles. The van der Waals surface area contributed by atoms with E-state index in [0.29, 0.717) is 38.0 Å². The molecular weight excluding hydrogens is 348 g/mol. The van der Waals surface area contributed by atoms with E-state index in [4.69, 9.17) is 9.47 Å². The highest BCUT2D eigenvalue weighted by atomic mass is 16.6. The fourth-order valence-electron chi connectivity index (χ4n) is 2.17. The van der Waals surface area contributed by atoms with Crippen LogP contribution in [0.3, 0.4) is 0 Å². The molecule has 6 heteroatoms. The maximum atomic E-state index is 10.6. The van der Waals surface area contributed by atoms with E-state index >= 15 is 0 Å². The molecular formula is C21H40O6. The van der Waals surface area contributed by atoms with Gasteiger partial charge in [-0.2, -0.15) is 0 Å². The number of carbonyl (C=O) groups excluding carboxylic acids is 3. The number of Topliss-reactive ketones (excluding diaryl/α,β-unsaturated/α-hetero) is 2. The largest absolute Gasteiger partial charge is 0.463 e. The van der Waals surface area contributed by atoms with E-state index in [2.05, 4.69) is 11.7 Å². The predicted octanol–water partition coefficient (Wildman–Crippen LogP) is 4.28. The fourth-order valence-corrected chi connectivity index (χ4v) is 2.17. The SMILES string of the molecule is CC(=O)CCCCCCCCC(C)=O.CCCOCCOCCOC(C)=O. The van der Waals surface area contributed by atoms with Gasteiger partial charge in [-0.15, -0.1) is 0 Å². The van der Waals surface area contributed by atoms with E-state index in [0.717, 1.165) is 51.6 Å². The number of unbranched alkanes of at least 4 members (excludes halogenated alkanes) is 5. The van der Waals surface area contributed by atoms with Crippen LogP contribution in [-0.4, -0.2) is 50.6 Å². The van der Waals surface area contributed by atoms with Gasteiger partial charge in [0.1, 0.15) is 18.2 Å². The van der Waals surface area contributed by atoms with E-state index in [9.17, 15) is 14.4 Å². The number of carbonyl (C=O) groups is 3. The summed E-state index contributed by atoms with van der Waals surface area (Å²) in [6.45, 7) is 9.42. The lowest BCUT2D eigenvalue weighted by Gasteiger charge is -2.04. The van der Waals surface area contributed by atoms with Crippen LogP contribution >= 0.6 is 0 Å². The van der Waals surface area contributed by atoms with Crippen LogP contribution in [0.25, 0.3) is 0 Å². The molecule has 0 unspecified atom stereocenters. The first kappa shape index (κ1) is 27.9. The third-order valence-electron chi connectivity index (χ3n) is 3.56. The summed E-state index contributed by atoms with van der Waals surface area (Å²) in [7, 11) is 0. The molecule has 0 aliphatic heterocycles. The fraction of sp³-hybridized carbons (Fsp3) is 0.857. The Kier molecular flexibility index (Phi) is 23.6. The Hall–Kier alpha value is -1.27. The minimum Gasteiger partial charge on any atom is -0.463 e. The summed E-state index contributed by atoms with van der Waals surface area (Å²) in [6, 6.07) is 0. The van der Waals surface area contributed by atoms with Crippen molar-refractivity contribution in [2.24, 2.45) is 0 Å². The second kappa shape index (κ2) is 22.8. The van der Waals surface area contributed by atoms with Crippen LogP contribution in [0.4, 0.5) is 0 Å². The summed E-state index contributed by atoms with van der Waals surface area (Å²) in [5.74, 6) is 0.314. The molecule has 0 aromatic carbocycles. The van der Waals surface area contributed by atoms with Crippen LogP contribution in [0, 0.1) is 0 Å². The Bertz CT molecular complexity index is 348. The zero-order valence-electron chi connectivity index (χ0n) is 17.8. The van der Waals surface area contributed by atoms with Crippen molar-refractivity contribution < 1.29 is 28.6 Å². The molecule has 0 fully saturated rings. The van der Waals surface area contributed by atoms with Crippen LogP contribution in [0.15, 0.2) is 0 Å². The van der Waals surface area contributed by atoms with Gasteiger partial charge < -0.3 is 23.8 Å².